The fourth-order valence-corrected chi connectivity index (χ4v) is 13.2. The quantitative estimate of drug-likeness (QED) is 0.0222. The largest absolute Gasteiger partial charge is 0.472 e. The molecule has 0 heterocycles. The molecule has 0 fully saturated rings. The van der Waals surface area contributed by atoms with Gasteiger partial charge in [-0.3, -0.25) is 37.3 Å². The summed E-state index contributed by atoms with van der Waals surface area (Å²) in [5.41, 5.74) is 0. The second-order valence-electron chi connectivity index (χ2n) is 27.0. The van der Waals surface area contributed by atoms with Crippen LogP contribution >= 0.6 is 15.6 Å². The van der Waals surface area contributed by atoms with Crippen LogP contribution in [0.25, 0.3) is 0 Å². The van der Waals surface area contributed by atoms with Gasteiger partial charge in [-0.2, -0.15) is 0 Å². The average Bonchev–Trinajstić information content (AvgIpc) is 1.23. The van der Waals surface area contributed by atoms with Crippen molar-refractivity contribution in [3.8, 4) is 0 Å². The fourth-order valence-electron chi connectivity index (χ4n) is 11.6. The number of carbonyl (C=O) groups excluding carboxylic acids is 4. The van der Waals surface area contributed by atoms with Crippen LogP contribution in [-0.4, -0.2) is 96.7 Å². The first-order chi connectivity index (χ1) is 45.7. The van der Waals surface area contributed by atoms with E-state index in [9.17, 15) is 43.2 Å². The van der Waals surface area contributed by atoms with Crippen LogP contribution < -0.4 is 0 Å². The van der Waals surface area contributed by atoms with Gasteiger partial charge in [0.05, 0.1) is 26.4 Å². The Labute approximate surface area is 575 Å². The highest BCUT2D eigenvalue weighted by Gasteiger charge is 2.30. The van der Waals surface area contributed by atoms with Gasteiger partial charge < -0.3 is 33.8 Å². The number of aliphatic hydroxyl groups is 1. The zero-order chi connectivity index (χ0) is 69.0. The van der Waals surface area contributed by atoms with Crippen molar-refractivity contribution in [2.45, 2.75) is 418 Å². The van der Waals surface area contributed by atoms with Crippen molar-refractivity contribution in [1.82, 2.24) is 0 Å². The molecule has 0 radical (unpaired) electrons. The molecule has 0 aromatic rings. The van der Waals surface area contributed by atoms with E-state index >= 15 is 0 Å². The second kappa shape index (κ2) is 69.5. The number of hydrogen-bond acceptors (Lipinski definition) is 15. The van der Waals surface area contributed by atoms with Crippen molar-refractivity contribution in [3.05, 3.63) is 0 Å². The molecule has 558 valence electrons. The van der Waals surface area contributed by atoms with Crippen LogP contribution in [0.15, 0.2) is 0 Å². The molecule has 3 N–H and O–H groups in total. The molecule has 0 aliphatic heterocycles. The minimum absolute atomic E-state index is 0.108. The molecule has 0 amide bonds. The summed E-state index contributed by atoms with van der Waals surface area (Å²) < 4.78 is 68.3. The van der Waals surface area contributed by atoms with Crippen LogP contribution in [0.1, 0.15) is 400 Å². The van der Waals surface area contributed by atoms with Crippen molar-refractivity contribution in [2.75, 3.05) is 39.6 Å². The van der Waals surface area contributed by atoms with E-state index in [2.05, 4.69) is 27.7 Å². The van der Waals surface area contributed by atoms with E-state index in [1.54, 1.807) is 0 Å². The Hall–Kier alpha value is -1.94. The van der Waals surface area contributed by atoms with Crippen molar-refractivity contribution in [1.29, 1.82) is 0 Å². The van der Waals surface area contributed by atoms with Crippen LogP contribution in [0.5, 0.6) is 0 Å². The van der Waals surface area contributed by atoms with E-state index in [-0.39, 0.29) is 25.7 Å². The van der Waals surface area contributed by atoms with Gasteiger partial charge in [-0.05, 0) is 25.7 Å². The zero-order valence-corrected chi connectivity index (χ0v) is 62.7. The van der Waals surface area contributed by atoms with Gasteiger partial charge >= 0.3 is 39.5 Å². The molecule has 0 bridgehead atoms. The van der Waals surface area contributed by atoms with E-state index in [1.165, 1.54) is 225 Å². The van der Waals surface area contributed by atoms with Gasteiger partial charge in [-0.25, -0.2) is 9.13 Å². The maximum Gasteiger partial charge on any atom is 0.472 e. The van der Waals surface area contributed by atoms with E-state index in [4.69, 9.17) is 37.0 Å². The molecule has 0 rings (SSSR count). The Bertz CT molecular complexity index is 1790. The molecule has 0 saturated heterocycles. The van der Waals surface area contributed by atoms with Crippen LogP contribution in [0.4, 0.5) is 0 Å². The lowest BCUT2D eigenvalue weighted by Gasteiger charge is -2.21. The Balaban J connectivity index is 5.13. The van der Waals surface area contributed by atoms with Gasteiger partial charge in [0.2, 0.25) is 0 Å². The fraction of sp³-hybridized carbons (Fsp3) is 0.947. The molecular formula is C75H146O17P2. The molecule has 0 spiro atoms. The number of unbranched alkanes of at least 4 members (excludes halogenated alkanes) is 50. The number of carbonyl (C=O) groups is 4. The van der Waals surface area contributed by atoms with Crippen LogP contribution in [0.3, 0.4) is 0 Å². The van der Waals surface area contributed by atoms with Crippen molar-refractivity contribution in [2.24, 2.45) is 0 Å². The van der Waals surface area contributed by atoms with E-state index in [1.807, 2.05) is 0 Å². The van der Waals surface area contributed by atoms with Gasteiger partial charge in [0.25, 0.3) is 0 Å². The minimum Gasteiger partial charge on any atom is -0.462 e. The zero-order valence-electron chi connectivity index (χ0n) is 60.9. The third-order valence-corrected chi connectivity index (χ3v) is 19.5. The molecule has 19 heteroatoms. The van der Waals surface area contributed by atoms with Gasteiger partial charge in [0.1, 0.15) is 19.3 Å². The van der Waals surface area contributed by atoms with Gasteiger partial charge in [-0.15, -0.1) is 0 Å². The molecule has 94 heavy (non-hydrogen) atoms. The number of hydrogen-bond donors (Lipinski definition) is 3. The summed E-state index contributed by atoms with van der Waals surface area (Å²) in [6.07, 6.45) is 60.0. The van der Waals surface area contributed by atoms with Gasteiger partial charge in [0, 0.05) is 25.7 Å². The Morgan fingerprint density at radius 2 is 0.426 bits per heavy atom. The number of ether oxygens (including phenoxy) is 4. The molecule has 2 unspecified atom stereocenters. The van der Waals surface area contributed by atoms with Crippen LogP contribution in [0.2, 0.25) is 0 Å². The minimum atomic E-state index is -4.95. The SMILES string of the molecule is CCCCCCCCCCCCCCCCCCCCCC(=O)O[C@H](COC(=O)CCCCCCCCCCCCCCCCC)COP(=O)(O)OC[C@@H](O)COP(=O)(O)OC[C@@H](COC(=O)CCCCCCC)OC(=O)CCCCCCCCCCCCCCCCC. The van der Waals surface area contributed by atoms with E-state index < -0.39 is 97.5 Å². The van der Waals surface area contributed by atoms with Crippen molar-refractivity contribution >= 4 is 39.5 Å². The lowest BCUT2D eigenvalue weighted by Crippen LogP contribution is -2.30. The first-order valence-electron chi connectivity index (χ1n) is 39.3. The predicted octanol–water partition coefficient (Wildman–Crippen LogP) is 22.2. The number of aliphatic hydroxyl groups excluding tert-OH is 1. The Morgan fingerprint density at radius 3 is 0.628 bits per heavy atom. The summed E-state index contributed by atoms with van der Waals surface area (Å²) in [4.78, 5) is 72.5. The van der Waals surface area contributed by atoms with Gasteiger partial charge in [-0.1, -0.05) is 349 Å². The summed E-state index contributed by atoms with van der Waals surface area (Å²) in [6, 6.07) is 0. The molecule has 0 aliphatic carbocycles. The second-order valence-corrected chi connectivity index (χ2v) is 29.9. The maximum atomic E-state index is 13.1. The molecule has 0 aromatic heterocycles. The Morgan fingerprint density at radius 1 is 0.255 bits per heavy atom. The third kappa shape index (κ3) is 68.6. The number of rotatable bonds is 76. The van der Waals surface area contributed by atoms with Crippen LogP contribution in [0, 0.1) is 0 Å². The number of phosphoric ester groups is 2. The third-order valence-electron chi connectivity index (χ3n) is 17.6. The predicted molar refractivity (Wildman–Crippen MR) is 382 cm³/mol. The molecule has 0 aliphatic rings. The topological polar surface area (TPSA) is 237 Å². The van der Waals surface area contributed by atoms with Crippen molar-refractivity contribution in [3.63, 3.8) is 0 Å². The standard InChI is InChI=1S/C75H146O17P2/c1-5-9-13-17-20-23-26-29-32-33-34-35-38-41-44-47-50-54-58-62-75(80)92-71(66-86-73(78)60-56-52-48-45-42-39-36-30-27-24-21-18-14-10-6-2)68-90-94(83,84)88-64-69(76)63-87-93(81,82)89-67-70(65-85-72(77)59-55-51-16-12-8-4)91-74(79)61-57-53-49-46-43-40-37-31-28-25-22-19-15-11-7-3/h69-71,76H,5-68H2,1-4H3,(H,81,82)(H,83,84)/t69-,70+,71+/m0/s1. The molecule has 17 nitrogen and oxygen atoms in total. The lowest BCUT2D eigenvalue weighted by molar-refractivity contribution is -0.161. The molecule has 5 atom stereocenters. The molecule has 0 aromatic carbocycles. The summed E-state index contributed by atoms with van der Waals surface area (Å²) >= 11 is 0. The highest BCUT2D eigenvalue weighted by Crippen LogP contribution is 2.45. The lowest BCUT2D eigenvalue weighted by atomic mass is 10.0. The number of phosphoric acid groups is 2. The summed E-state index contributed by atoms with van der Waals surface area (Å²) in [6.45, 7) is 4.90. The normalized spacial score (nSPS) is 13.9. The van der Waals surface area contributed by atoms with Crippen LogP contribution in [-0.2, 0) is 65.4 Å². The highest BCUT2D eigenvalue weighted by atomic mass is 31.2. The first-order valence-corrected chi connectivity index (χ1v) is 42.3. The number of esters is 4. The monoisotopic (exact) mass is 1380 g/mol. The summed E-state index contributed by atoms with van der Waals surface area (Å²) in [5.74, 6) is -2.12. The Kier molecular flexibility index (Phi) is 68.1. The smallest absolute Gasteiger partial charge is 0.462 e. The highest BCUT2D eigenvalue weighted by molar-refractivity contribution is 7.47. The average molecular weight is 1380 g/mol. The summed E-state index contributed by atoms with van der Waals surface area (Å²) in [7, 11) is -9.90. The molecular weight excluding hydrogens is 1230 g/mol. The first kappa shape index (κ1) is 92.1. The maximum absolute atomic E-state index is 13.1. The van der Waals surface area contributed by atoms with Gasteiger partial charge in [0.15, 0.2) is 12.2 Å². The van der Waals surface area contributed by atoms with E-state index in [0.29, 0.717) is 25.7 Å². The van der Waals surface area contributed by atoms with E-state index in [0.717, 1.165) is 96.3 Å². The molecule has 0 saturated carbocycles. The van der Waals surface area contributed by atoms with Crippen molar-refractivity contribution < 1.29 is 80.2 Å². The summed E-state index contributed by atoms with van der Waals surface area (Å²) in [5, 5.41) is 10.6.